The Labute approximate surface area is 178 Å². The van der Waals surface area contributed by atoms with Gasteiger partial charge >= 0.3 is 12.1 Å². The second kappa shape index (κ2) is 8.39. The first-order valence-corrected chi connectivity index (χ1v) is 11.1. The summed E-state index contributed by atoms with van der Waals surface area (Å²) < 4.78 is 32.5. The number of amides is 1. The third-order valence-corrected chi connectivity index (χ3v) is 6.53. The van der Waals surface area contributed by atoms with Crippen LogP contribution in [0.5, 0.6) is 0 Å². The van der Waals surface area contributed by atoms with Gasteiger partial charge in [0.25, 0.3) is 10.0 Å². The molecule has 0 bridgehead atoms. The maximum absolute atomic E-state index is 12.5. The zero-order chi connectivity index (χ0) is 22.9. The lowest BCUT2D eigenvalue weighted by atomic mass is 9.80. The van der Waals surface area contributed by atoms with Crippen LogP contribution in [0.2, 0.25) is 0 Å². The van der Waals surface area contributed by atoms with Crippen molar-refractivity contribution in [1.29, 1.82) is 0 Å². The Morgan fingerprint density at radius 2 is 1.73 bits per heavy atom. The fraction of sp³-hybridized carbons (Fsp3) is 0.524. The highest BCUT2D eigenvalue weighted by atomic mass is 32.2. The quantitative estimate of drug-likeness (QED) is 0.555. The average Bonchev–Trinajstić information content (AvgIpc) is 2.61. The smallest absolute Gasteiger partial charge is 0.440 e. The van der Waals surface area contributed by atoms with E-state index in [1.54, 1.807) is 32.9 Å². The standard InChI is InChI=1S/C21H30N2O6S/c1-14(2)18(24)28-17-12-13-20(4,5)23(21(17,6)7)29-19(25)22-30(26,27)16-10-8-15(3)9-11-16/h8-11,17H,1,12-13H2,2-7H3,(H,22,25). The van der Waals surface area contributed by atoms with Gasteiger partial charge in [0, 0.05) is 5.57 Å². The summed E-state index contributed by atoms with van der Waals surface area (Å²) in [6.45, 7) is 14.2. The predicted octanol–water partition coefficient (Wildman–Crippen LogP) is 3.47. The Bertz CT molecular complexity index is 935. The van der Waals surface area contributed by atoms with Gasteiger partial charge < -0.3 is 9.57 Å². The van der Waals surface area contributed by atoms with Crippen molar-refractivity contribution in [2.75, 3.05) is 0 Å². The molecule has 1 aromatic rings. The minimum Gasteiger partial charge on any atom is -0.457 e. The molecule has 2 rings (SSSR count). The van der Waals surface area contributed by atoms with Crippen LogP contribution in [0.25, 0.3) is 0 Å². The van der Waals surface area contributed by atoms with Crippen molar-refractivity contribution >= 4 is 22.1 Å². The number of rotatable bonds is 5. The summed E-state index contributed by atoms with van der Waals surface area (Å²) in [5, 5.41) is 1.40. The summed E-state index contributed by atoms with van der Waals surface area (Å²) in [6, 6.07) is 6.09. The van der Waals surface area contributed by atoms with Crippen LogP contribution in [0.15, 0.2) is 41.3 Å². The van der Waals surface area contributed by atoms with Crippen LogP contribution in [-0.4, -0.2) is 42.7 Å². The van der Waals surface area contributed by atoms with Crippen molar-refractivity contribution in [3.8, 4) is 0 Å². The Morgan fingerprint density at radius 1 is 1.17 bits per heavy atom. The van der Waals surface area contributed by atoms with Crippen LogP contribution in [0.3, 0.4) is 0 Å². The first-order chi connectivity index (χ1) is 13.7. The molecule has 166 valence electrons. The molecule has 0 aliphatic carbocycles. The van der Waals surface area contributed by atoms with Gasteiger partial charge in [-0.15, -0.1) is 5.06 Å². The number of hydrogen-bond donors (Lipinski definition) is 1. The second-order valence-corrected chi connectivity index (χ2v) is 10.5. The molecule has 1 saturated heterocycles. The molecule has 1 aliphatic rings. The third-order valence-electron chi connectivity index (χ3n) is 5.20. The molecule has 1 aromatic carbocycles. The van der Waals surface area contributed by atoms with Crippen molar-refractivity contribution in [3.63, 3.8) is 0 Å². The normalized spacial score (nSPS) is 20.8. The maximum atomic E-state index is 12.5. The monoisotopic (exact) mass is 438 g/mol. The molecule has 1 heterocycles. The number of aryl methyl sites for hydroxylation is 1. The molecular formula is C21H30N2O6S. The Hall–Kier alpha value is -2.39. The molecule has 0 radical (unpaired) electrons. The molecule has 1 amide bonds. The molecule has 0 aromatic heterocycles. The summed E-state index contributed by atoms with van der Waals surface area (Å²) in [6.07, 6.45) is -0.593. The van der Waals surface area contributed by atoms with Gasteiger partial charge in [0.1, 0.15) is 6.10 Å². The van der Waals surface area contributed by atoms with E-state index >= 15 is 0 Å². The molecule has 1 atom stereocenters. The van der Waals surface area contributed by atoms with E-state index in [9.17, 15) is 18.0 Å². The first-order valence-electron chi connectivity index (χ1n) is 9.65. The van der Waals surface area contributed by atoms with Crippen LogP contribution >= 0.6 is 0 Å². The van der Waals surface area contributed by atoms with Crippen molar-refractivity contribution in [3.05, 3.63) is 42.0 Å². The van der Waals surface area contributed by atoms with Gasteiger partial charge in [-0.3, -0.25) is 0 Å². The minimum atomic E-state index is -4.09. The van der Waals surface area contributed by atoms with E-state index in [1.807, 2.05) is 25.5 Å². The van der Waals surface area contributed by atoms with Crippen LogP contribution in [-0.2, 0) is 24.4 Å². The van der Waals surface area contributed by atoms with E-state index in [-0.39, 0.29) is 10.5 Å². The molecule has 30 heavy (non-hydrogen) atoms. The lowest BCUT2D eigenvalue weighted by Gasteiger charge is -2.53. The molecule has 1 aliphatic heterocycles. The highest BCUT2D eigenvalue weighted by Crippen LogP contribution is 2.40. The number of nitrogens with zero attached hydrogens (tertiary/aromatic N) is 1. The van der Waals surface area contributed by atoms with Crippen molar-refractivity contribution in [2.45, 2.75) is 76.5 Å². The van der Waals surface area contributed by atoms with E-state index in [0.29, 0.717) is 12.8 Å². The molecular weight excluding hydrogens is 408 g/mol. The summed E-state index contributed by atoms with van der Waals surface area (Å²) in [5.74, 6) is -0.529. The topological polar surface area (TPSA) is 102 Å². The number of piperidine rings is 1. The van der Waals surface area contributed by atoms with Crippen molar-refractivity contribution in [2.24, 2.45) is 0 Å². The Balaban J connectivity index is 2.20. The highest BCUT2D eigenvalue weighted by Gasteiger charge is 2.52. The number of hydroxylamine groups is 2. The van der Waals surface area contributed by atoms with Crippen LogP contribution in [0.4, 0.5) is 4.79 Å². The van der Waals surface area contributed by atoms with E-state index < -0.39 is 39.3 Å². The van der Waals surface area contributed by atoms with E-state index in [1.165, 1.54) is 17.2 Å². The van der Waals surface area contributed by atoms with Gasteiger partial charge in [0.05, 0.1) is 16.0 Å². The largest absolute Gasteiger partial charge is 0.457 e. The lowest BCUT2D eigenvalue weighted by molar-refractivity contribution is -0.268. The minimum absolute atomic E-state index is 0.0459. The molecule has 0 spiro atoms. The fourth-order valence-electron chi connectivity index (χ4n) is 3.51. The molecule has 1 N–H and O–H groups in total. The Morgan fingerprint density at radius 3 is 2.27 bits per heavy atom. The number of ether oxygens (including phenoxy) is 1. The second-order valence-electron chi connectivity index (χ2n) is 8.77. The lowest BCUT2D eigenvalue weighted by Crippen LogP contribution is -2.66. The number of carbonyl (C=O) groups is 2. The molecule has 9 heteroatoms. The zero-order valence-corrected chi connectivity index (χ0v) is 19.1. The molecule has 0 saturated carbocycles. The van der Waals surface area contributed by atoms with E-state index in [0.717, 1.165) is 5.56 Å². The SMILES string of the molecule is C=C(C)C(=O)OC1CCC(C)(C)N(OC(=O)NS(=O)(=O)c2ccc(C)cc2)C1(C)C. The van der Waals surface area contributed by atoms with Gasteiger partial charge in [-0.05, 0) is 66.5 Å². The van der Waals surface area contributed by atoms with Gasteiger partial charge in [-0.25, -0.2) is 22.7 Å². The van der Waals surface area contributed by atoms with Crippen LogP contribution < -0.4 is 4.72 Å². The van der Waals surface area contributed by atoms with Crippen molar-refractivity contribution in [1.82, 2.24) is 9.79 Å². The predicted molar refractivity (Wildman–Crippen MR) is 112 cm³/mol. The molecule has 1 unspecified atom stereocenters. The first kappa shape index (κ1) is 23.9. The Kier molecular flexibility index (Phi) is 6.68. The number of benzene rings is 1. The summed E-state index contributed by atoms with van der Waals surface area (Å²) in [7, 11) is -4.09. The molecule has 1 fully saturated rings. The van der Waals surface area contributed by atoms with Gasteiger partial charge in [-0.2, -0.15) is 0 Å². The number of nitrogens with one attached hydrogen (secondary N) is 1. The van der Waals surface area contributed by atoms with Crippen LogP contribution in [0.1, 0.15) is 53.0 Å². The third kappa shape index (κ3) is 5.20. The number of carbonyl (C=O) groups excluding carboxylic acids is 2. The summed E-state index contributed by atoms with van der Waals surface area (Å²) in [5.41, 5.74) is -0.355. The van der Waals surface area contributed by atoms with E-state index in [2.05, 4.69) is 6.58 Å². The number of esters is 1. The fourth-order valence-corrected chi connectivity index (χ4v) is 4.38. The number of sulfonamides is 1. The summed E-state index contributed by atoms with van der Waals surface area (Å²) >= 11 is 0. The average molecular weight is 439 g/mol. The van der Waals surface area contributed by atoms with E-state index in [4.69, 9.17) is 9.57 Å². The highest BCUT2D eigenvalue weighted by molar-refractivity contribution is 7.90. The van der Waals surface area contributed by atoms with Gasteiger partial charge in [0.2, 0.25) is 0 Å². The maximum Gasteiger partial charge on any atom is 0.440 e. The van der Waals surface area contributed by atoms with Crippen molar-refractivity contribution < 1.29 is 27.6 Å². The van der Waals surface area contributed by atoms with Gasteiger partial charge in [0.15, 0.2) is 0 Å². The van der Waals surface area contributed by atoms with Crippen LogP contribution in [0, 0.1) is 6.92 Å². The van der Waals surface area contributed by atoms with Gasteiger partial charge in [-0.1, -0.05) is 24.3 Å². The summed E-state index contributed by atoms with van der Waals surface area (Å²) in [4.78, 5) is 29.9. The molecule has 8 nitrogen and oxygen atoms in total. The zero-order valence-electron chi connectivity index (χ0n) is 18.3. The number of hydrogen-bond acceptors (Lipinski definition) is 7.